The van der Waals surface area contributed by atoms with Crippen LogP contribution in [0.5, 0.6) is 0 Å². The molecule has 0 saturated carbocycles. The van der Waals surface area contributed by atoms with Crippen molar-refractivity contribution in [1.82, 2.24) is 9.62 Å². The summed E-state index contributed by atoms with van der Waals surface area (Å²) in [6.07, 6.45) is 1.44. The number of nitrogens with one attached hydrogen (secondary N) is 1. The van der Waals surface area contributed by atoms with E-state index >= 15 is 0 Å². The van der Waals surface area contributed by atoms with Gasteiger partial charge in [0.25, 0.3) is 0 Å². The van der Waals surface area contributed by atoms with Crippen molar-refractivity contribution >= 4 is 27.7 Å². The molecule has 1 aliphatic heterocycles. The monoisotopic (exact) mass is 384 g/mol. The Morgan fingerprint density at radius 2 is 1.96 bits per heavy atom. The highest BCUT2D eigenvalue weighted by Crippen LogP contribution is 2.24. The van der Waals surface area contributed by atoms with Crippen LogP contribution in [0.15, 0.2) is 35.2 Å². The molecule has 25 heavy (non-hydrogen) atoms. The largest absolute Gasteiger partial charge is 0.355 e. The fraction of sp³-hybridized carbons (Fsp3) is 0.611. The van der Waals surface area contributed by atoms with Crippen molar-refractivity contribution in [2.45, 2.75) is 43.3 Å². The van der Waals surface area contributed by atoms with E-state index in [0.717, 1.165) is 12.2 Å². The van der Waals surface area contributed by atoms with E-state index in [1.807, 2.05) is 0 Å². The Bertz CT molecular complexity index is 669. The second kappa shape index (κ2) is 8.56. The summed E-state index contributed by atoms with van der Waals surface area (Å²) in [4.78, 5) is 12.7. The topological polar surface area (TPSA) is 66.5 Å². The second-order valence-corrected chi connectivity index (χ2v) is 11.1. The third kappa shape index (κ3) is 6.01. The lowest BCUT2D eigenvalue weighted by atomic mass is 9.99. The van der Waals surface area contributed by atoms with Crippen LogP contribution in [0.3, 0.4) is 0 Å². The van der Waals surface area contributed by atoms with E-state index in [-0.39, 0.29) is 28.0 Å². The highest BCUT2D eigenvalue weighted by Gasteiger charge is 2.33. The molecule has 0 radical (unpaired) electrons. The molecule has 0 bridgehead atoms. The SMILES string of the molecule is CC(C)(C)SCCNC(=O)C1CCCN(S(=O)(=O)c2ccccc2)C1. The number of hydrogen-bond acceptors (Lipinski definition) is 4. The molecule has 1 unspecified atom stereocenters. The number of nitrogens with zero attached hydrogens (tertiary/aromatic N) is 1. The molecule has 0 aromatic heterocycles. The van der Waals surface area contributed by atoms with Crippen molar-refractivity contribution in [3.8, 4) is 0 Å². The fourth-order valence-electron chi connectivity index (χ4n) is 2.79. The predicted octanol–water partition coefficient (Wildman–Crippen LogP) is 2.74. The fourth-order valence-corrected chi connectivity index (χ4v) is 5.15. The molecule has 1 aromatic rings. The minimum Gasteiger partial charge on any atom is -0.355 e. The minimum atomic E-state index is -3.52. The van der Waals surface area contributed by atoms with Gasteiger partial charge in [0.1, 0.15) is 0 Å². The van der Waals surface area contributed by atoms with E-state index in [9.17, 15) is 13.2 Å². The lowest BCUT2D eigenvalue weighted by Gasteiger charge is -2.31. The smallest absolute Gasteiger partial charge is 0.243 e. The number of benzene rings is 1. The molecule has 1 N–H and O–H groups in total. The Balaban J connectivity index is 1.91. The number of piperidine rings is 1. The summed E-state index contributed by atoms with van der Waals surface area (Å²) < 4.78 is 27.1. The third-order valence-electron chi connectivity index (χ3n) is 4.07. The molecule has 0 spiro atoms. The lowest BCUT2D eigenvalue weighted by Crippen LogP contribution is -2.45. The molecule has 2 rings (SSSR count). The molecule has 1 atom stereocenters. The third-order valence-corrected chi connectivity index (χ3v) is 7.23. The van der Waals surface area contributed by atoms with Gasteiger partial charge in [0.2, 0.25) is 15.9 Å². The quantitative estimate of drug-likeness (QED) is 0.766. The van der Waals surface area contributed by atoms with Crippen molar-refractivity contribution in [2.24, 2.45) is 5.92 Å². The van der Waals surface area contributed by atoms with Crippen LogP contribution >= 0.6 is 11.8 Å². The van der Waals surface area contributed by atoms with Crippen molar-refractivity contribution in [2.75, 3.05) is 25.4 Å². The van der Waals surface area contributed by atoms with E-state index in [1.165, 1.54) is 4.31 Å². The Morgan fingerprint density at radius 3 is 2.60 bits per heavy atom. The lowest BCUT2D eigenvalue weighted by molar-refractivity contribution is -0.125. The average Bonchev–Trinajstić information content (AvgIpc) is 2.58. The van der Waals surface area contributed by atoms with Gasteiger partial charge < -0.3 is 5.32 Å². The molecule has 1 fully saturated rings. The first-order chi connectivity index (χ1) is 11.7. The van der Waals surface area contributed by atoms with Gasteiger partial charge in [-0.05, 0) is 25.0 Å². The molecular formula is C18H28N2O3S2. The van der Waals surface area contributed by atoms with Gasteiger partial charge in [0, 0.05) is 30.1 Å². The molecule has 7 heteroatoms. The number of thioether (sulfide) groups is 1. The Hall–Kier alpha value is -1.05. The van der Waals surface area contributed by atoms with Crippen LogP contribution in [-0.4, -0.2) is 48.8 Å². The molecule has 1 amide bonds. The highest BCUT2D eigenvalue weighted by atomic mass is 32.2. The van der Waals surface area contributed by atoms with Crippen LogP contribution in [0.25, 0.3) is 0 Å². The number of rotatable bonds is 6. The summed E-state index contributed by atoms with van der Waals surface area (Å²) in [6, 6.07) is 8.42. The summed E-state index contributed by atoms with van der Waals surface area (Å²) in [5.41, 5.74) is 0. The van der Waals surface area contributed by atoms with Crippen LogP contribution in [0.2, 0.25) is 0 Å². The summed E-state index contributed by atoms with van der Waals surface area (Å²) in [7, 11) is -3.52. The van der Waals surface area contributed by atoms with Gasteiger partial charge in [0.05, 0.1) is 10.8 Å². The average molecular weight is 385 g/mol. The van der Waals surface area contributed by atoms with Gasteiger partial charge >= 0.3 is 0 Å². The van der Waals surface area contributed by atoms with Gasteiger partial charge in [0.15, 0.2) is 0 Å². The van der Waals surface area contributed by atoms with Crippen molar-refractivity contribution in [3.05, 3.63) is 30.3 Å². The number of hydrogen-bond donors (Lipinski definition) is 1. The maximum Gasteiger partial charge on any atom is 0.243 e. The van der Waals surface area contributed by atoms with Gasteiger partial charge in [-0.15, -0.1) is 0 Å². The summed E-state index contributed by atoms with van der Waals surface area (Å²) in [6.45, 7) is 7.78. The van der Waals surface area contributed by atoms with Gasteiger partial charge in [-0.3, -0.25) is 4.79 Å². The zero-order valence-electron chi connectivity index (χ0n) is 15.2. The molecule has 1 heterocycles. The van der Waals surface area contributed by atoms with Crippen LogP contribution in [-0.2, 0) is 14.8 Å². The molecule has 1 aromatic carbocycles. The zero-order chi connectivity index (χ0) is 18.5. The number of carbonyl (C=O) groups is 1. The molecule has 5 nitrogen and oxygen atoms in total. The van der Waals surface area contributed by atoms with E-state index in [1.54, 1.807) is 42.1 Å². The number of amides is 1. The predicted molar refractivity (Wildman–Crippen MR) is 103 cm³/mol. The van der Waals surface area contributed by atoms with Crippen molar-refractivity contribution in [3.63, 3.8) is 0 Å². The van der Waals surface area contributed by atoms with Gasteiger partial charge in [-0.25, -0.2) is 8.42 Å². The molecule has 1 saturated heterocycles. The minimum absolute atomic E-state index is 0.0394. The zero-order valence-corrected chi connectivity index (χ0v) is 16.8. The first-order valence-electron chi connectivity index (χ1n) is 8.67. The van der Waals surface area contributed by atoms with E-state index < -0.39 is 10.0 Å². The normalized spacial score (nSPS) is 19.6. The maximum atomic E-state index is 12.7. The highest BCUT2D eigenvalue weighted by molar-refractivity contribution is 8.00. The van der Waals surface area contributed by atoms with Crippen molar-refractivity contribution in [1.29, 1.82) is 0 Å². The number of carbonyl (C=O) groups excluding carboxylic acids is 1. The molecule has 0 aliphatic carbocycles. The summed E-state index contributed by atoms with van der Waals surface area (Å²) in [5.74, 6) is 0.544. The van der Waals surface area contributed by atoms with Gasteiger partial charge in [-0.1, -0.05) is 39.0 Å². The maximum absolute atomic E-state index is 12.7. The van der Waals surface area contributed by atoms with Gasteiger partial charge in [-0.2, -0.15) is 16.1 Å². The van der Waals surface area contributed by atoms with Crippen molar-refractivity contribution < 1.29 is 13.2 Å². The second-order valence-electron chi connectivity index (χ2n) is 7.27. The molecule has 1 aliphatic rings. The Morgan fingerprint density at radius 1 is 1.28 bits per heavy atom. The van der Waals surface area contributed by atoms with E-state index in [2.05, 4.69) is 26.1 Å². The Kier molecular flexibility index (Phi) is 6.93. The van der Waals surface area contributed by atoms with Crippen LogP contribution in [0.1, 0.15) is 33.6 Å². The first-order valence-corrected chi connectivity index (χ1v) is 11.1. The standard InChI is InChI=1S/C18H28N2O3S2/c1-18(2,3)24-13-11-19-17(21)15-8-7-12-20(14-15)25(22,23)16-9-5-4-6-10-16/h4-6,9-10,15H,7-8,11-14H2,1-3H3,(H,19,21). The van der Waals surface area contributed by atoms with Crippen LogP contribution in [0, 0.1) is 5.92 Å². The summed E-state index contributed by atoms with van der Waals surface area (Å²) >= 11 is 1.80. The number of sulfonamides is 1. The first kappa shape index (κ1) is 20.3. The van der Waals surface area contributed by atoms with E-state index in [0.29, 0.717) is 19.5 Å². The van der Waals surface area contributed by atoms with Crippen LogP contribution in [0.4, 0.5) is 0 Å². The molecular weight excluding hydrogens is 356 g/mol. The summed E-state index contributed by atoms with van der Waals surface area (Å²) in [5, 5.41) is 2.96. The Labute approximate surface area is 155 Å². The van der Waals surface area contributed by atoms with Crippen LogP contribution < -0.4 is 5.32 Å². The molecule has 140 valence electrons. The van der Waals surface area contributed by atoms with E-state index in [4.69, 9.17) is 0 Å².